The zero-order valence-corrected chi connectivity index (χ0v) is 15.1. The van der Waals surface area contributed by atoms with Crippen LogP contribution in [0.1, 0.15) is 43.2 Å². The second-order valence-electron chi connectivity index (χ2n) is 6.52. The Morgan fingerprint density at radius 2 is 1.96 bits per heavy atom. The normalized spacial score (nSPS) is 26.8. The van der Waals surface area contributed by atoms with Crippen LogP contribution < -0.4 is 0 Å². The van der Waals surface area contributed by atoms with E-state index in [1.54, 1.807) is 0 Å². The molecule has 2 aliphatic rings. The Morgan fingerprint density at radius 1 is 1.26 bits per heavy atom. The summed E-state index contributed by atoms with van der Waals surface area (Å²) in [5.74, 6) is -2.64. The van der Waals surface area contributed by atoms with Crippen LogP contribution in [0.25, 0.3) is 0 Å². The maximum absolute atomic E-state index is 10.2. The molecule has 4 unspecified atom stereocenters. The van der Waals surface area contributed by atoms with Gasteiger partial charge in [-0.1, -0.05) is 24.3 Å². The van der Waals surface area contributed by atoms with Gasteiger partial charge in [0.25, 0.3) is 0 Å². The summed E-state index contributed by atoms with van der Waals surface area (Å²) in [6.07, 6.45) is 0.667. The second kappa shape index (κ2) is 9.59. The molecule has 0 aromatic heterocycles. The lowest BCUT2D eigenvalue weighted by atomic mass is 9.74. The van der Waals surface area contributed by atoms with Gasteiger partial charge in [0.05, 0.1) is 24.7 Å². The predicted molar refractivity (Wildman–Crippen MR) is 97.1 cm³/mol. The maximum atomic E-state index is 10.2. The number of aliphatic hydroxyl groups excluding tert-OH is 2. The van der Waals surface area contributed by atoms with Crippen LogP contribution in [0.3, 0.4) is 0 Å². The van der Waals surface area contributed by atoms with Gasteiger partial charge < -0.3 is 25.2 Å². The topological polar surface area (TPSA) is 137 Å². The third-order valence-corrected chi connectivity index (χ3v) is 4.68. The third kappa shape index (κ3) is 5.35. The van der Waals surface area contributed by atoms with Crippen molar-refractivity contribution in [1.29, 1.82) is 0 Å². The van der Waals surface area contributed by atoms with Crippen molar-refractivity contribution in [2.45, 2.75) is 56.5 Å². The highest BCUT2D eigenvalue weighted by atomic mass is 16.5. The first-order valence-corrected chi connectivity index (χ1v) is 8.89. The van der Waals surface area contributed by atoms with E-state index in [2.05, 4.69) is 23.2 Å². The summed E-state index contributed by atoms with van der Waals surface area (Å²) in [6, 6.07) is 8.57. The molecule has 1 heterocycles. The first-order valence-electron chi connectivity index (χ1n) is 8.89. The summed E-state index contributed by atoms with van der Waals surface area (Å²) in [4.78, 5) is 24.1. The molecule has 0 radical (unpaired) electrons. The monoisotopic (exact) mass is 379 g/mol. The molecule has 8 nitrogen and oxygen atoms in total. The number of hydrogen-bond donors (Lipinski definition) is 4. The van der Waals surface area contributed by atoms with Crippen LogP contribution in [0, 0.1) is 0 Å². The largest absolute Gasteiger partial charge is 0.481 e. The van der Waals surface area contributed by atoms with E-state index in [0.717, 1.165) is 18.4 Å². The van der Waals surface area contributed by atoms with Crippen LogP contribution in [-0.2, 0) is 14.3 Å². The van der Waals surface area contributed by atoms with Gasteiger partial charge in [-0.05, 0) is 30.9 Å². The van der Waals surface area contributed by atoms with E-state index in [0.29, 0.717) is 6.61 Å². The molecule has 0 saturated heterocycles. The highest BCUT2D eigenvalue weighted by Gasteiger charge is 2.42. The molecule has 1 aliphatic heterocycles. The minimum absolute atomic E-state index is 0.118. The molecule has 3 rings (SSSR count). The fourth-order valence-electron chi connectivity index (χ4n) is 3.46. The van der Waals surface area contributed by atoms with Gasteiger partial charge in [-0.2, -0.15) is 0 Å². The van der Waals surface area contributed by atoms with Gasteiger partial charge in [0.1, 0.15) is 0 Å². The molecular formula is C19H25NO7. The van der Waals surface area contributed by atoms with E-state index < -0.39 is 24.5 Å². The molecule has 0 bridgehead atoms. The molecule has 1 aromatic carbocycles. The number of aliphatic hydroxyl groups is 2. The van der Waals surface area contributed by atoms with Crippen molar-refractivity contribution >= 4 is 18.2 Å². The van der Waals surface area contributed by atoms with Crippen LogP contribution in [0.5, 0.6) is 0 Å². The number of aliphatic carboxylic acids is 2. The van der Waals surface area contributed by atoms with E-state index in [1.165, 1.54) is 5.56 Å². The first-order chi connectivity index (χ1) is 12.8. The molecule has 0 spiro atoms. The van der Waals surface area contributed by atoms with Gasteiger partial charge in [0.2, 0.25) is 0 Å². The SMILES string of the molecule is CCOC1C(O)CCC2N=Cc3ccccc3C21.O=C(O)C[C@H](O)C(=O)O. The average molecular weight is 379 g/mol. The highest BCUT2D eigenvalue weighted by molar-refractivity contribution is 5.83. The Hall–Kier alpha value is -2.29. The second-order valence-corrected chi connectivity index (χ2v) is 6.52. The number of aliphatic imine (C=N–C) groups is 1. The molecule has 1 aliphatic carbocycles. The standard InChI is InChI=1S/C15H19NO2.C4H6O5/c1-2-18-15-13(17)8-7-12-14(15)11-6-4-3-5-10(11)9-16-12;5-2(4(8)9)1-3(6)7/h3-6,9,12-15,17H,2,7-8H2,1H3;2,5H,1H2,(H,6,7)(H,8,9)/t;2-/m.0/s1. The lowest BCUT2D eigenvalue weighted by molar-refractivity contribution is -0.152. The van der Waals surface area contributed by atoms with E-state index >= 15 is 0 Å². The Labute approximate surface area is 157 Å². The highest BCUT2D eigenvalue weighted by Crippen LogP contribution is 2.40. The number of carboxylic acids is 2. The summed E-state index contributed by atoms with van der Waals surface area (Å²) < 4.78 is 5.80. The van der Waals surface area contributed by atoms with Gasteiger partial charge >= 0.3 is 11.9 Å². The van der Waals surface area contributed by atoms with Gasteiger partial charge in [-0.25, -0.2) is 4.79 Å². The third-order valence-electron chi connectivity index (χ3n) is 4.68. The summed E-state index contributed by atoms with van der Waals surface area (Å²) in [6.45, 7) is 2.62. The summed E-state index contributed by atoms with van der Waals surface area (Å²) in [7, 11) is 0. The number of benzene rings is 1. The van der Waals surface area contributed by atoms with Crippen LogP contribution in [0.2, 0.25) is 0 Å². The van der Waals surface area contributed by atoms with Crippen molar-refractivity contribution in [2.24, 2.45) is 4.99 Å². The molecule has 27 heavy (non-hydrogen) atoms. The first kappa shape index (κ1) is 21.0. The van der Waals surface area contributed by atoms with Crippen LogP contribution in [0.15, 0.2) is 29.3 Å². The lowest BCUT2D eigenvalue weighted by Gasteiger charge is -2.41. The molecule has 5 atom stereocenters. The van der Waals surface area contributed by atoms with Crippen molar-refractivity contribution in [1.82, 2.24) is 0 Å². The molecule has 1 fully saturated rings. The fourth-order valence-corrected chi connectivity index (χ4v) is 3.46. The Bertz CT molecular complexity index is 690. The number of carboxylic acid groups (broad SMARTS) is 2. The Kier molecular flexibility index (Phi) is 7.46. The number of carbonyl (C=O) groups is 2. The molecule has 148 valence electrons. The van der Waals surface area contributed by atoms with Gasteiger partial charge in [0, 0.05) is 18.7 Å². The molecular weight excluding hydrogens is 354 g/mol. The van der Waals surface area contributed by atoms with Gasteiger partial charge in [0.15, 0.2) is 6.10 Å². The Morgan fingerprint density at radius 3 is 2.56 bits per heavy atom. The van der Waals surface area contributed by atoms with E-state index in [-0.39, 0.29) is 24.2 Å². The fraction of sp³-hybridized carbons (Fsp3) is 0.526. The van der Waals surface area contributed by atoms with Crippen molar-refractivity contribution in [2.75, 3.05) is 6.61 Å². The van der Waals surface area contributed by atoms with Crippen molar-refractivity contribution < 1.29 is 34.8 Å². The van der Waals surface area contributed by atoms with E-state index in [4.69, 9.17) is 20.1 Å². The Balaban J connectivity index is 0.000000249. The zero-order valence-electron chi connectivity index (χ0n) is 15.1. The van der Waals surface area contributed by atoms with E-state index in [1.807, 2.05) is 19.2 Å². The van der Waals surface area contributed by atoms with E-state index in [9.17, 15) is 14.7 Å². The van der Waals surface area contributed by atoms with Crippen LogP contribution >= 0.6 is 0 Å². The van der Waals surface area contributed by atoms with Crippen LogP contribution in [0.4, 0.5) is 0 Å². The molecule has 0 amide bonds. The quantitative estimate of drug-likeness (QED) is 0.600. The summed E-state index contributed by atoms with van der Waals surface area (Å²) >= 11 is 0. The summed E-state index contributed by atoms with van der Waals surface area (Å²) in [5.41, 5.74) is 2.44. The predicted octanol–water partition coefficient (Wildman–Crippen LogP) is 1.04. The minimum atomic E-state index is -1.79. The minimum Gasteiger partial charge on any atom is -0.481 e. The number of fused-ring (bicyclic) bond motifs is 3. The van der Waals surface area contributed by atoms with Gasteiger partial charge in [-0.15, -0.1) is 0 Å². The number of nitrogens with zero attached hydrogens (tertiary/aromatic N) is 1. The average Bonchev–Trinajstić information content (AvgIpc) is 2.63. The lowest BCUT2D eigenvalue weighted by Crippen LogP contribution is -2.46. The van der Waals surface area contributed by atoms with Crippen molar-refractivity contribution in [3.8, 4) is 0 Å². The molecule has 4 N–H and O–H groups in total. The smallest absolute Gasteiger partial charge is 0.333 e. The van der Waals surface area contributed by atoms with Gasteiger partial charge in [-0.3, -0.25) is 9.79 Å². The molecule has 1 saturated carbocycles. The number of ether oxygens (including phenoxy) is 1. The zero-order chi connectivity index (χ0) is 20.0. The number of rotatable bonds is 5. The molecule has 8 heteroatoms. The molecule has 1 aromatic rings. The van der Waals surface area contributed by atoms with Crippen molar-refractivity contribution in [3.63, 3.8) is 0 Å². The summed E-state index contributed by atoms with van der Waals surface area (Å²) in [5, 5.41) is 34.3. The van der Waals surface area contributed by atoms with Crippen LogP contribution in [-0.4, -0.2) is 69.5 Å². The maximum Gasteiger partial charge on any atom is 0.333 e. The number of hydrogen-bond acceptors (Lipinski definition) is 6. The van der Waals surface area contributed by atoms with Crippen molar-refractivity contribution in [3.05, 3.63) is 35.4 Å².